The molecule has 1 heterocycles. The number of methoxy groups -OCH3 is 1. The topological polar surface area (TPSA) is 50.8 Å². The standard InChI is InChI=1S/C18H15F5N2O3/c1-27-9-2-3-11(25-4-6-28-7-5-25)10(8-9)18(26)24-17-15(22)13(20)12(19)14(21)16(17)23/h2-3,8H,4-7H2,1H3,(H,24,26). The fraction of sp³-hybridized carbons (Fsp3) is 0.278. The first-order valence-corrected chi connectivity index (χ1v) is 8.18. The van der Waals surface area contributed by atoms with Gasteiger partial charge in [0.25, 0.3) is 5.91 Å². The number of amides is 1. The minimum atomic E-state index is -2.30. The summed E-state index contributed by atoms with van der Waals surface area (Å²) >= 11 is 0. The fourth-order valence-corrected chi connectivity index (χ4v) is 2.80. The summed E-state index contributed by atoms with van der Waals surface area (Å²) in [5, 5.41) is 1.79. The highest BCUT2D eigenvalue weighted by molar-refractivity contribution is 6.08. The van der Waals surface area contributed by atoms with Crippen molar-refractivity contribution in [2.45, 2.75) is 0 Å². The third kappa shape index (κ3) is 3.59. The Hall–Kier alpha value is -2.88. The average molecular weight is 402 g/mol. The zero-order valence-corrected chi connectivity index (χ0v) is 14.6. The summed E-state index contributed by atoms with van der Waals surface area (Å²) in [7, 11) is 1.36. The Labute approximate surface area is 156 Å². The highest BCUT2D eigenvalue weighted by Crippen LogP contribution is 2.30. The van der Waals surface area contributed by atoms with Crippen LogP contribution in [-0.4, -0.2) is 39.3 Å². The van der Waals surface area contributed by atoms with Crippen LogP contribution in [0.1, 0.15) is 10.4 Å². The van der Waals surface area contributed by atoms with Gasteiger partial charge in [0.15, 0.2) is 23.3 Å². The number of hydrogen-bond acceptors (Lipinski definition) is 4. The third-order valence-electron chi connectivity index (χ3n) is 4.25. The number of morpholine rings is 1. The van der Waals surface area contributed by atoms with Crippen LogP contribution in [0.5, 0.6) is 5.75 Å². The van der Waals surface area contributed by atoms with Gasteiger partial charge < -0.3 is 19.7 Å². The van der Waals surface area contributed by atoms with E-state index in [1.165, 1.54) is 13.2 Å². The van der Waals surface area contributed by atoms with Gasteiger partial charge in [0, 0.05) is 18.8 Å². The first kappa shape index (κ1) is 19.9. The molecule has 0 spiro atoms. The molecule has 3 rings (SSSR count). The summed E-state index contributed by atoms with van der Waals surface area (Å²) in [5.41, 5.74) is -1.06. The molecule has 10 heteroatoms. The second-order valence-corrected chi connectivity index (χ2v) is 5.88. The Kier molecular flexibility index (Phi) is 5.68. The molecule has 0 aliphatic carbocycles. The van der Waals surface area contributed by atoms with Gasteiger partial charge in [0.2, 0.25) is 5.82 Å². The number of anilines is 2. The van der Waals surface area contributed by atoms with Gasteiger partial charge in [-0.25, -0.2) is 22.0 Å². The first-order valence-electron chi connectivity index (χ1n) is 8.18. The first-order chi connectivity index (χ1) is 13.3. The highest BCUT2D eigenvalue weighted by atomic mass is 19.2. The smallest absolute Gasteiger partial charge is 0.258 e. The van der Waals surface area contributed by atoms with Gasteiger partial charge >= 0.3 is 0 Å². The zero-order chi connectivity index (χ0) is 20.4. The van der Waals surface area contributed by atoms with E-state index in [-0.39, 0.29) is 11.3 Å². The average Bonchev–Trinajstić information content (AvgIpc) is 2.74. The summed E-state index contributed by atoms with van der Waals surface area (Å²) in [6, 6.07) is 4.46. The molecule has 1 saturated heterocycles. The molecule has 0 bridgehead atoms. The summed E-state index contributed by atoms with van der Waals surface area (Å²) in [4.78, 5) is 14.5. The van der Waals surface area contributed by atoms with E-state index in [4.69, 9.17) is 9.47 Å². The molecule has 1 amide bonds. The van der Waals surface area contributed by atoms with E-state index in [1.54, 1.807) is 22.3 Å². The molecule has 2 aromatic rings. The van der Waals surface area contributed by atoms with E-state index in [1.807, 2.05) is 0 Å². The van der Waals surface area contributed by atoms with E-state index in [9.17, 15) is 26.7 Å². The molecule has 0 radical (unpaired) electrons. The number of benzene rings is 2. The number of rotatable bonds is 4. The number of carbonyl (C=O) groups is 1. The molecule has 0 unspecified atom stereocenters. The van der Waals surface area contributed by atoms with Crippen LogP contribution in [0, 0.1) is 29.1 Å². The Morgan fingerprint density at radius 2 is 1.57 bits per heavy atom. The maximum absolute atomic E-state index is 13.9. The van der Waals surface area contributed by atoms with Crippen molar-refractivity contribution in [2.24, 2.45) is 0 Å². The Bertz CT molecular complexity index is 888. The molecule has 150 valence electrons. The number of carbonyl (C=O) groups excluding carboxylic acids is 1. The van der Waals surface area contributed by atoms with Crippen molar-refractivity contribution in [1.82, 2.24) is 0 Å². The fourth-order valence-electron chi connectivity index (χ4n) is 2.80. The van der Waals surface area contributed by atoms with Gasteiger partial charge in [-0.3, -0.25) is 4.79 Å². The zero-order valence-electron chi connectivity index (χ0n) is 14.6. The van der Waals surface area contributed by atoms with Crippen LogP contribution < -0.4 is 15.0 Å². The van der Waals surface area contributed by atoms with Crippen LogP contribution >= 0.6 is 0 Å². The second-order valence-electron chi connectivity index (χ2n) is 5.88. The summed E-state index contributed by atoms with van der Waals surface area (Å²) in [5.74, 6) is -11.6. The van der Waals surface area contributed by atoms with Crippen molar-refractivity contribution < 1.29 is 36.2 Å². The minimum absolute atomic E-state index is 0.0507. The Balaban J connectivity index is 2.01. The van der Waals surface area contributed by atoms with Crippen LogP contribution in [-0.2, 0) is 4.74 Å². The van der Waals surface area contributed by atoms with Gasteiger partial charge in [-0.1, -0.05) is 0 Å². The lowest BCUT2D eigenvalue weighted by atomic mass is 10.1. The lowest BCUT2D eigenvalue weighted by Crippen LogP contribution is -2.37. The lowest BCUT2D eigenvalue weighted by Gasteiger charge is -2.30. The molecule has 1 fully saturated rings. The molecule has 1 aliphatic rings. The maximum atomic E-state index is 13.9. The van der Waals surface area contributed by atoms with E-state index in [0.717, 1.165) is 0 Å². The predicted octanol–water partition coefficient (Wildman–Crippen LogP) is 3.48. The highest BCUT2D eigenvalue weighted by Gasteiger charge is 2.28. The minimum Gasteiger partial charge on any atom is -0.497 e. The van der Waals surface area contributed by atoms with Gasteiger partial charge in [0.1, 0.15) is 11.4 Å². The number of hydrogen-bond donors (Lipinski definition) is 1. The molecule has 2 aromatic carbocycles. The van der Waals surface area contributed by atoms with Gasteiger partial charge in [0.05, 0.1) is 25.9 Å². The quantitative estimate of drug-likeness (QED) is 0.483. The van der Waals surface area contributed by atoms with Crippen LogP contribution in [0.3, 0.4) is 0 Å². The monoisotopic (exact) mass is 402 g/mol. The van der Waals surface area contributed by atoms with Crippen LogP contribution in [0.15, 0.2) is 18.2 Å². The molecule has 0 atom stereocenters. The van der Waals surface area contributed by atoms with E-state index in [0.29, 0.717) is 32.0 Å². The SMILES string of the molecule is COc1ccc(N2CCOCC2)c(C(=O)Nc2c(F)c(F)c(F)c(F)c2F)c1. The van der Waals surface area contributed by atoms with Crippen LogP contribution in [0.2, 0.25) is 0 Å². The molecule has 5 nitrogen and oxygen atoms in total. The van der Waals surface area contributed by atoms with Crippen molar-refractivity contribution in [3.8, 4) is 5.75 Å². The van der Waals surface area contributed by atoms with Crippen molar-refractivity contribution in [2.75, 3.05) is 43.6 Å². The van der Waals surface area contributed by atoms with Gasteiger partial charge in [-0.2, -0.15) is 0 Å². The third-order valence-corrected chi connectivity index (χ3v) is 4.25. The number of nitrogens with one attached hydrogen (secondary N) is 1. The summed E-state index contributed by atoms with van der Waals surface area (Å²) < 4.78 is 78.1. The number of halogens is 5. The van der Waals surface area contributed by atoms with E-state index < -0.39 is 40.7 Å². The maximum Gasteiger partial charge on any atom is 0.258 e. The summed E-state index contributed by atoms with van der Waals surface area (Å²) in [6.45, 7) is 1.72. The molecule has 0 saturated carbocycles. The second kappa shape index (κ2) is 8.01. The van der Waals surface area contributed by atoms with Crippen LogP contribution in [0.4, 0.5) is 33.3 Å². The molecule has 28 heavy (non-hydrogen) atoms. The lowest BCUT2D eigenvalue weighted by molar-refractivity contribution is 0.102. The summed E-state index contributed by atoms with van der Waals surface area (Å²) in [6.07, 6.45) is 0. The van der Waals surface area contributed by atoms with Crippen molar-refractivity contribution in [3.05, 3.63) is 52.8 Å². The Morgan fingerprint density at radius 3 is 2.14 bits per heavy atom. The number of nitrogens with zero attached hydrogens (tertiary/aromatic N) is 1. The van der Waals surface area contributed by atoms with Crippen molar-refractivity contribution in [3.63, 3.8) is 0 Å². The molecular formula is C18H15F5N2O3. The normalized spacial score (nSPS) is 14.1. The van der Waals surface area contributed by atoms with Crippen LogP contribution in [0.25, 0.3) is 0 Å². The van der Waals surface area contributed by atoms with E-state index in [2.05, 4.69) is 0 Å². The number of ether oxygens (including phenoxy) is 2. The van der Waals surface area contributed by atoms with Gasteiger partial charge in [-0.05, 0) is 18.2 Å². The van der Waals surface area contributed by atoms with Crippen molar-refractivity contribution >= 4 is 17.3 Å². The molecule has 1 aliphatic heterocycles. The Morgan fingerprint density at radius 1 is 1.00 bits per heavy atom. The predicted molar refractivity (Wildman–Crippen MR) is 90.2 cm³/mol. The molecule has 1 N–H and O–H groups in total. The largest absolute Gasteiger partial charge is 0.497 e. The molecule has 0 aromatic heterocycles. The molecular weight excluding hydrogens is 387 g/mol. The van der Waals surface area contributed by atoms with Gasteiger partial charge in [-0.15, -0.1) is 0 Å². The van der Waals surface area contributed by atoms with E-state index >= 15 is 0 Å². The van der Waals surface area contributed by atoms with Crippen molar-refractivity contribution in [1.29, 1.82) is 0 Å².